The average Bonchev–Trinajstić information content (AvgIpc) is 3.56. The second-order valence-electron chi connectivity index (χ2n) is 8.36. The molecule has 34 heavy (non-hydrogen) atoms. The minimum Gasteiger partial charge on any atom is -0.494 e. The van der Waals surface area contributed by atoms with Crippen LogP contribution in [0.3, 0.4) is 0 Å². The number of methoxy groups -OCH3 is 1. The van der Waals surface area contributed by atoms with Crippen molar-refractivity contribution in [3.05, 3.63) is 58.9 Å². The van der Waals surface area contributed by atoms with Crippen LogP contribution in [0.25, 0.3) is 0 Å². The maximum absolute atomic E-state index is 12.1. The standard InChI is InChI=1S/C25H28N6O2S/c1-3-24(32)27-18-14-19(21(33-2)15-20(18)30-10-4-5-11-30)28-25-26-9-6-23(29-25)31-12-7-22-17(16-31)8-13-34-22/h3,6,8-9,13-15H,1,4-5,7,10-12,16H2,2H3,(H,27,32)(H,26,28,29). The van der Waals surface area contributed by atoms with Gasteiger partial charge in [0.1, 0.15) is 11.6 Å². The van der Waals surface area contributed by atoms with E-state index in [1.165, 1.54) is 16.5 Å². The highest BCUT2D eigenvalue weighted by molar-refractivity contribution is 7.10. The number of nitrogens with one attached hydrogen (secondary N) is 2. The van der Waals surface area contributed by atoms with Gasteiger partial charge in [0.25, 0.3) is 0 Å². The molecule has 0 spiro atoms. The van der Waals surface area contributed by atoms with Gasteiger partial charge in [-0.1, -0.05) is 6.58 Å². The molecule has 1 aromatic carbocycles. The molecule has 8 nitrogen and oxygen atoms in total. The van der Waals surface area contributed by atoms with Gasteiger partial charge in [-0.15, -0.1) is 11.3 Å². The summed E-state index contributed by atoms with van der Waals surface area (Å²) >= 11 is 1.82. The van der Waals surface area contributed by atoms with Crippen LogP contribution in [0.1, 0.15) is 23.3 Å². The van der Waals surface area contributed by atoms with Gasteiger partial charge in [-0.25, -0.2) is 4.98 Å². The van der Waals surface area contributed by atoms with Crippen LogP contribution in [-0.2, 0) is 17.8 Å². The molecule has 2 aromatic heterocycles. The van der Waals surface area contributed by atoms with Crippen LogP contribution >= 0.6 is 11.3 Å². The van der Waals surface area contributed by atoms with Gasteiger partial charge >= 0.3 is 0 Å². The van der Waals surface area contributed by atoms with Crippen LogP contribution < -0.4 is 25.2 Å². The molecular formula is C25H28N6O2S. The van der Waals surface area contributed by atoms with E-state index in [1.54, 1.807) is 13.3 Å². The molecule has 0 saturated carbocycles. The van der Waals surface area contributed by atoms with Crippen molar-refractivity contribution >= 4 is 46.1 Å². The van der Waals surface area contributed by atoms with E-state index in [-0.39, 0.29) is 5.91 Å². The number of thiophene rings is 1. The lowest BCUT2D eigenvalue weighted by atomic mass is 10.1. The third-order valence-corrected chi connectivity index (χ3v) is 7.25. The van der Waals surface area contributed by atoms with Crippen LogP contribution in [0.2, 0.25) is 0 Å². The van der Waals surface area contributed by atoms with Gasteiger partial charge in [-0.05, 0) is 54.5 Å². The average molecular weight is 477 g/mol. The Balaban J connectivity index is 1.43. The van der Waals surface area contributed by atoms with E-state index in [9.17, 15) is 4.79 Å². The Morgan fingerprint density at radius 1 is 1.18 bits per heavy atom. The molecule has 0 atom stereocenters. The third-order valence-electron chi connectivity index (χ3n) is 6.23. The third kappa shape index (κ3) is 4.56. The fraction of sp³-hybridized carbons (Fsp3) is 0.320. The first-order chi connectivity index (χ1) is 16.6. The van der Waals surface area contributed by atoms with Gasteiger partial charge in [-0.3, -0.25) is 4.79 Å². The van der Waals surface area contributed by atoms with Gasteiger partial charge in [0, 0.05) is 43.3 Å². The van der Waals surface area contributed by atoms with Gasteiger partial charge in [0.05, 0.1) is 24.2 Å². The number of anilines is 5. The molecule has 4 heterocycles. The minimum atomic E-state index is -0.257. The maximum atomic E-state index is 12.1. The quantitative estimate of drug-likeness (QED) is 0.483. The van der Waals surface area contributed by atoms with E-state index in [4.69, 9.17) is 9.72 Å². The van der Waals surface area contributed by atoms with E-state index in [1.807, 2.05) is 29.5 Å². The Morgan fingerprint density at radius 2 is 2.03 bits per heavy atom. The fourth-order valence-corrected chi connectivity index (χ4v) is 5.38. The topological polar surface area (TPSA) is 82.6 Å². The first kappa shape index (κ1) is 22.2. The van der Waals surface area contributed by atoms with Gasteiger partial charge < -0.3 is 25.2 Å². The molecule has 176 valence electrons. The Morgan fingerprint density at radius 3 is 2.82 bits per heavy atom. The molecule has 1 amide bonds. The van der Waals surface area contributed by atoms with Crippen LogP contribution in [0, 0.1) is 0 Å². The summed E-state index contributed by atoms with van der Waals surface area (Å²) in [5.41, 5.74) is 3.68. The number of carbonyl (C=O) groups is 1. The zero-order valence-electron chi connectivity index (χ0n) is 19.2. The maximum Gasteiger partial charge on any atom is 0.247 e. The summed E-state index contributed by atoms with van der Waals surface area (Å²) in [7, 11) is 1.64. The number of hydrogen-bond acceptors (Lipinski definition) is 8. The highest BCUT2D eigenvalue weighted by atomic mass is 32.1. The number of ether oxygens (including phenoxy) is 1. The van der Waals surface area contributed by atoms with E-state index in [2.05, 4.69) is 43.4 Å². The molecule has 3 aromatic rings. The largest absolute Gasteiger partial charge is 0.494 e. The SMILES string of the molecule is C=CC(=O)Nc1cc(Nc2nccc(N3CCc4sccc4C3)n2)c(OC)cc1N1CCCC1. The van der Waals surface area contributed by atoms with E-state index in [0.29, 0.717) is 23.1 Å². The number of nitrogens with zero attached hydrogens (tertiary/aromatic N) is 4. The molecule has 5 rings (SSSR count). The van der Waals surface area contributed by atoms with Crippen molar-refractivity contribution in [1.82, 2.24) is 9.97 Å². The van der Waals surface area contributed by atoms with Crippen molar-refractivity contribution in [3.8, 4) is 5.75 Å². The first-order valence-corrected chi connectivity index (χ1v) is 12.3. The molecule has 2 aliphatic rings. The molecule has 0 radical (unpaired) electrons. The van der Waals surface area contributed by atoms with E-state index >= 15 is 0 Å². The number of benzene rings is 1. The highest BCUT2D eigenvalue weighted by Crippen LogP contribution is 2.39. The van der Waals surface area contributed by atoms with Gasteiger partial charge in [0.2, 0.25) is 11.9 Å². The minimum absolute atomic E-state index is 0.257. The Labute approximate surface area is 203 Å². The van der Waals surface area contributed by atoms with Crippen molar-refractivity contribution in [2.45, 2.75) is 25.8 Å². The normalized spacial score (nSPS) is 15.1. The smallest absolute Gasteiger partial charge is 0.247 e. The van der Waals surface area contributed by atoms with Crippen molar-refractivity contribution < 1.29 is 9.53 Å². The summed E-state index contributed by atoms with van der Waals surface area (Å²) in [6.45, 7) is 7.25. The molecule has 1 fully saturated rings. The highest BCUT2D eigenvalue weighted by Gasteiger charge is 2.22. The van der Waals surface area contributed by atoms with Crippen LogP contribution in [0.4, 0.5) is 28.8 Å². The summed E-state index contributed by atoms with van der Waals surface area (Å²) in [4.78, 5) is 27.3. The van der Waals surface area contributed by atoms with E-state index < -0.39 is 0 Å². The lowest BCUT2D eigenvalue weighted by molar-refractivity contribution is -0.111. The predicted octanol–water partition coefficient (Wildman–Crippen LogP) is 4.58. The molecule has 2 N–H and O–H groups in total. The van der Waals surface area contributed by atoms with Crippen LogP contribution in [0.5, 0.6) is 5.75 Å². The van der Waals surface area contributed by atoms with Gasteiger partial charge in [-0.2, -0.15) is 4.98 Å². The summed E-state index contributed by atoms with van der Waals surface area (Å²) in [6.07, 6.45) is 6.31. The predicted molar refractivity (Wildman–Crippen MR) is 138 cm³/mol. The van der Waals surface area contributed by atoms with Crippen LogP contribution in [0.15, 0.2) is 48.5 Å². The molecule has 0 unspecified atom stereocenters. The number of carbonyl (C=O) groups excluding carboxylic acids is 1. The monoisotopic (exact) mass is 476 g/mol. The number of amides is 1. The molecular weight excluding hydrogens is 448 g/mol. The lowest BCUT2D eigenvalue weighted by Crippen LogP contribution is -2.30. The Hall–Kier alpha value is -3.59. The first-order valence-electron chi connectivity index (χ1n) is 11.5. The molecule has 2 aliphatic heterocycles. The van der Waals surface area contributed by atoms with Crippen molar-refractivity contribution in [1.29, 1.82) is 0 Å². The Kier molecular flexibility index (Phi) is 6.35. The fourth-order valence-electron chi connectivity index (χ4n) is 4.49. The number of rotatable bonds is 7. The summed E-state index contributed by atoms with van der Waals surface area (Å²) in [6, 6.07) is 7.96. The summed E-state index contributed by atoms with van der Waals surface area (Å²) < 4.78 is 5.69. The molecule has 1 saturated heterocycles. The van der Waals surface area contributed by atoms with E-state index in [0.717, 1.165) is 56.9 Å². The van der Waals surface area contributed by atoms with Crippen LogP contribution in [-0.4, -0.2) is 42.6 Å². The molecule has 0 bridgehead atoms. The molecule has 9 heteroatoms. The van der Waals surface area contributed by atoms with Crippen molar-refractivity contribution in [3.63, 3.8) is 0 Å². The number of hydrogen-bond donors (Lipinski definition) is 2. The zero-order valence-corrected chi connectivity index (χ0v) is 20.0. The number of aromatic nitrogens is 2. The molecule has 0 aliphatic carbocycles. The second-order valence-corrected chi connectivity index (χ2v) is 9.36. The lowest BCUT2D eigenvalue weighted by Gasteiger charge is -2.28. The van der Waals surface area contributed by atoms with Crippen molar-refractivity contribution in [2.24, 2.45) is 0 Å². The van der Waals surface area contributed by atoms with Crippen molar-refractivity contribution in [2.75, 3.05) is 47.2 Å². The summed E-state index contributed by atoms with van der Waals surface area (Å²) in [5, 5.41) is 8.40. The second kappa shape index (κ2) is 9.72. The van der Waals surface area contributed by atoms with Gasteiger partial charge in [0.15, 0.2) is 0 Å². The zero-order chi connectivity index (χ0) is 23.5. The number of fused-ring (bicyclic) bond motifs is 1. The Bertz CT molecular complexity index is 1200. The summed E-state index contributed by atoms with van der Waals surface area (Å²) in [5.74, 6) is 1.75.